The van der Waals surface area contributed by atoms with Crippen molar-refractivity contribution >= 4 is 44.6 Å². The van der Waals surface area contributed by atoms with Gasteiger partial charge in [0.25, 0.3) is 11.5 Å². The molecule has 184 valence electrons. The lowest BCUT2D eigenvalue weighted by Crippen LogP contribution is -2.22. The minimum atomic E-state index is -0.441. The van der Waals surface area contributed by atoms with E-state index >= 15 is 0 Å². The van der Waals surface area contributed by atoms with Gasteiger partial charge in [-0.05, 0) is 54.6 Å². The van der Waals surface area contributed by atoms with E-state index in [1.165, 1.54) is 42.3 Å². The highest BCUT2D eigenvalue weighted by molar-refractivity contribution is 9.10. The van der Waals surface area contributed by atoms with Crippen molar-refractivity contribution in [3.63, 3.8) is 0 Å². The largest absolute Gasteiger partial charge is 0.493 e. The molecule has 0 saturated carbocycles. The van der Waals surface area contributed by atoms with Gasteiger partial charge in [-0.3, -0.25) is 9.59 Å². The molecule has 4 rings (SSSR count). The molecule has 0 aliphatic heterocycles. The van der Waals surface area contributed by atoms with Crippen LogP contribution in [0.4, 0.5) is 10.1 Å². The molecule has 0 saturated heterocycles. The number of hydrogen-bond donors (Lipinski definition) is 1. The number of aromatic nitrogens is 2. The smallest absolute Gasteiger partial charge is 0.282 e. The Morgan fingerprint density at radius 3 is 2.69 bits per heavy atom. The van der Waals surface area contributed by atoms with Crippen molar-refractivity contribution < 1.29 is 18.7 Å². The molecule has 0 unspecified atom stereocenters. The number of carbonyl (C=O) groups is 1. The van der Waals surface area contributed by atoms with E-state index in [0.717, 1.165) is 4.47 Å². The zero-order valence-corrected chi connectivity index (χ0v) is 21.1. The van der Waals surface area contributed by atoms with Gasteiger partial charge in [0, 0.05) is 22.1 Å². The van der Waals surface area contributed by atoms with Crippen molar-refractivity contribution in [1.29, 1.82) is 0 Å². The number of nitrogens with one attached hydrogen (secondary N) is 1. The quantitative estimate of drug-likeness (QED) is 0.318. The first-order chi connectivity index (χ1) is 17.4. The number of benzene rings is 3. The number of fused-ring (bicyclic) bond motifs is 1. The second-order valence-electron chi connectivity index (χ2n) is 7.63. The van der Waals surface area contributed by atoms with Crippen LogP contribution in [0.3, 0.4) is 0 Å². The van der Waals surface area contributed by atoms with Gasteiger partial charge in [0.1, 0.15) is 11.6 Å². The van der Waals surface area contributed by atoms with E-state index in [1.54, 1.807) is 30.3 Å². The van der Waals surface area contributed by atoms with Crippen molar-refractivity contribution in [1.82, 2.24) is 9.66 Å². The van der Waals surface area contributed by atoms with Crippen LogP contribution in [0.1, 0.15) is 18.3 Å². The third-order valence-corrected chi connectivity index (χ3v) is 5.70. The van der Waals surface area contributed by atoms with E-state index < -0.39 is 11.7 Å². The number of para-hydroxylation sites is 1. The Morgan fingerprint density at radius 1 is 1.19 bits per heavy atom. The Bertz CT molecular complexity index is 1500. The predicted octanol–water partition coefficient (Wildman–Crippen LogP) is 4.77. The molecule has 0 atom stereocenters. The normalized spacial score (nSPS) is 11.1. The van der Waals surface area contributed by atoms with E-state index in [9.17, 15) is 14.0 Å². The number of ether oxygens (including phenoxy) is 2. The fourth-order valence-electron chi connectivity index (χ4n) is 3.48. The molecule has 0 spiro atoms. The van der Waals surface area contributed by atoms with E-state index in [1.807, 2.05) is 13.0 Å². The fraction of sp³-hybridized carbons (Fsp3) is 0.154. The molecular formula is C26H22BrFN4O4. The Kier molecular flexibility index (Phi) is 7.74. The van der Waals surface area contributed by atoms with Gasteiger partial charge in [0.15, 0.2) is 18.1 Å². The average molecular weight is 553 g/mol. The van der Waals surface area contributed by atoms with Crippen molar-refractivity contribution in [3.8, 4) is 11.5 Å². The molecular weight excluding hydrogens is 531 g/mol. The number of hydrogen-bond acceptors (Lipinski definition) is 6. The van der Waals surface area contributed by atoms with Gasteiger partial charge in [-0.2, -0.15) is 9.78 Å². The van der Waals surface area contributed by atoms with Gasteiger partial charge in [0.05, 0.1) is 24.2 Å². The summed E-state index contributed by atoms with van der Waals surface area (Å²) in [5.41, 5.74) is 1.21. The van der Waals surface area contributed by atoms with Gasteiger partial charge in [-0.15, -0.1) is 0 Å². The number of aryl methyl sites for hydroxylation is 1. The van der Waals surface area contributed by atoms with Crippen LogP contribution in [0.5, 0.6) is 11.5 Å². The summed E-state index contributed by atoms with van der Waals surface area (Å²) >= 11 is 3.39. The maximum absolute atomic E-state index is 13.2. The van der Waals surface area contributed by atoms with Crippen molar-refractivity contribution in [2.45, 2.75) is 13.3 Å². The molecule has 1 amide bonds. The molecule has 0 aliphatic carbocycles. The van der Waals surface area contributed by atoms with Crippen molar-refractivity contribution in [2.24, 2.45) is 5.10 Å². The summed E-state index contributed by atoms with van der Waals surface area (Å²) in [5, 5.41) is 7.46. The first-order valence-corrected chi connectivity index (χ1v) is 11.8. The van der Waals surface area contributed by atoms with Crippen LogP contribution < -0.4 is 20.3 Å². The van der Waals surface area contributed by atoms with Gasteiger partial charge in [-0.25, -0.2) is 9.37 Å². The molecule has 1 N–H and O–H groups in total. The number of methoxy groups -OCH3 is 1. The third-order valence-electron chi connectivity index (χ3n) is 5.21. The molecule has 0 aliphatic rings. The summed E-state index contributed by atoms with van der Waals surface area (Å²) in [6.07, 6.45) is 1.95. The summed E-state index contributed by atoms with van der Waals surface area (Å²) < 4.78 is 26.3. The van der Waals surface area contributed by atoms with Crippen LogP contribution in [-0.2, 0) is 11.2 Å². The Labute approximate surface area is 214 Å². The third kappa shape index (κ3) is 5.60. The number of anilines is 1. The maximum atomic E-state index is 13.2. The molecule has 3 aromatic carbocycles. The van der Waals surface area contributed by atoms with Crippen LogP contribution in [0, 0.1) is 5.82 Å². The molecule has 0 bridgehead atoms. The highest BCUT2D eigenvalue weighted by Gasteiger charge is 2.14. The zero-order valence-electron chi connectivity index (χ0n) is 19.5. The first-order valence-electron chi connectivity index (χ1n) is 11.0. The number of nitrogens with zero attached hydrogens (tertiary/aromatic N) is 3. The second-order valence-corrected chi connectivity index (χ2v) is 8.54. The molecule has 4 aromatic rings. The molecule has 10 heteroatoms. The van der Waals surface area contributed by atoms with Crippen LogP contribution in [-0.4, -0.2) is 35.5 Å². The van der Waals surface area contributed by atoms with Gasteiger partial charge in [-0.1, -0.05) is 28.9 Å². The Balaban J connectivity index is 1.62. The number of halogens is 2. The van der Waals surface area contributed by atoms with Gasteiger partial charge < -0.3 is 14.8 Å². The van der Waals surface area contributed by atoms with E-state index in [-0.39, 0.29) is 17.9 Å². The summed E-state index contributed by atoms with van der Waals surface area (Å²) in [5.74, 6) is 0.318. The maximum Gasteiger partial charge on any atom is 0.282 e. The molecule has 0 radical (unpaired) electrons. The van der Waals surface area contributed by atoms with Crippen LogP contribution in [0.2, 0.25) is 0 Å². The minimum absolute atomic E-state index is 0.278. The highest BCUT2D eigenvalue weighted by Crippen LogP contribution is 2.30. The minimum Gasteiger partial charge on any atom is -0.493 e. The lowest BCUT2D eigenvalue weighted by Gasteiger charge is -2.13. The van der Waals surface area contributed by atoms with Crippen LogP contribution in [0.25, 0.3) is 10.9 Å². The molecule has 1 heterocycles. The number of carbonyl (C=O) groups excluding carboxylic acids is 1. The standard InChI is InChI=1S/C26H22BrFN4O4/c1-3-23-31-21-12-7-17(27)13-20(21)26(34)32(23)29-14-16-5-4-6-22(35-2)25(16)36-15-24(33)30-19-10-8-18(28)9-11-19/h4-14H,3,15H2,1-2H3,(H,30,33). The van der Waals surface area contributed by atoms with Crippen LogP contribution >= 0.6 is 15.9 Å². The molecule has 8 nitrogen and oxygen atoms in total. The molecule has 1 aromatic heterocycles. The summed E-state index contributed by atoms with van der Waals surface area (Å²) in [4.78, 5) is 30.1. The van der Waals surface area contributed by atoms with E-state index in [0.29, 0.717) is 40.1 Å². The SMILES string of the molecule is CCc1nc2ccc(Br)cc2c(=O)n1N=Cc1cccc(OC)c1OCC(=O)Nc1ccc(F)cc1. The lowest BCUT2D eigenvalue weighted by atomic mass is 10.2. The predicted molar refractivity (Wildman–Crippen MR) is 140 cm³/mol. The summed E-state index contributed by atoms with van der Waals surface area (Å²) in [6.45, 7) is 1.56. The van der Waals surface area contributed by atoms with E-state index in [2.05, 4.69) is 31.3 Å². The van der Waals surface area contributed by atoms with Gasteiger partial charge in [0.2, 0.25) is 0 Å². The highest BCUT2D eigenvalue weighted by atomic mass is 79.9. The topological polar surface area (TPSA) is 94.8 Å². The number of amides is 1. The van der Waals surface area contributed by atoms with Gasteiger partial charge >= 0.3 is 0 Å². The zero-order chi connectivity index (χ0) is 25.7. The van der Waals surface area contributed by atoms with E-state index in [4.69, 9.17) is 9.47 Å². The van der Waals surface area contributed by atoms with Crippen molar-refractivity contribution in [2.75, 3.05) is 19.0 Å². The first kappa shape index (κ1) is 25.1. The number of rotatable bonds is 8. The Morgan fingerprint density at radius 2 is 1.97 bits per heavy atom. The average Bonchev–Trinajstić information content (AvgIpc) is 2.88. The molecule has 36 heavy (non-hydrogen) atoms. The Hall–Kier alpha value is -4.05. The fourth-order valence-corrected chi connectivity index (χ4v) is 3.84. The summed E-state index contributed by atoms with van der Waals surface area (Å²) in [7, 11) is 1.48. The molecule has 0 fully saturated rings. The monoisotopic (exact) mass is 552 g/mol. The van der Waals surface area contributed by atoms with Crippen LogP contribution in [0.15, 0.2) is 75.0 Å². The second kappa shape index (κ2) is 11.1. The lowest BCUT2D eigenvalue weighted by molar-refractivity contribution is -0.118. The summed E-state index contributed by atoms with van der Waals surface area (Å²) in [6, 6.07) is 15.9. The van der Waals surface area contributed by atoms with Crippen molar-refractivity contribution in [3.05, 3.63) is 92.7 Å².